The Hall–Kier alpha value is -2.17. The van der Waals surface area contributed by atoms with Crippen molar-refractivity contribution >= 4 is 5.91 Å². The van der Waals surface area contributed by atoms with E-state index in [1.165, 1.54) is 12.1 Å². The van der Waals surface area contributed by atoms with E-state index in [0.29, 0.717) is 6.54 Å². The van der Waals surface area contributed by atoms with Gasteiger partial charge in [-0.3, -0.25) is 9.48 Å². The van der Waals surface area contributed by atoms with E-state index in [4.69, 9.17) is 0 Å². The summed E-state index contributed by atoms with van der Waals surface area (Å²) in [4.78, 5) is 11.8. The van der Waals surface area contributed by atoms with Crippen LogP contribution in [0.4, 0.5) is 4.39 Å². The Kier molecular flexibility index (Phi) is 4.50. The van der Waals surface area contributed by atoms with Crippen molar-refractivity contribution < 1.29 is 9.18 Å². The zero-order valence-electron chi connectivity index (χ0n) is 11.6. The van der Waals surface area contributed by atoms with Gasteiger partial charge in [0.25, 0.3) is 0 Å². The lowest BCUT2D eigenvalue weighted by molar-refractivity contribution is -0.121. The number of amides is 1. The zero-order chi connectivity index (χ0) is 14.5. The van der Waals surface area contributed by atoms with Crippen molar-refractivity contribution in [2.45, 2.75) is 26.3 Å². The van der Waals surface area contributed by atoms with E-state index < -0.39 is 0 Å². The van der Waals surface area contributed by atoms with Crippen molar-refractivity contribution in [3.05, 3.63) is 53.6 Å². The number of hydrogen-bond acceptors (Lipinski definition) is 2. The van der Waals surface area contributed by atoms with Gasteiger partial charge in [-0.2, -0.15) is 5.10 Å². The van der Waals surface area contributed by atoms with Crippen LogP contribution in [0.15, 0.2) is 36.5 Å². The molecule has 0 saturated carbocycles. The van der Waals surface area contributed by atoms with E-state index in [2.05, 4.69) is 10.4 Å². The molecule has 1 aromatic carbocycles. The summed E-state index contributed by atoms with van der Waals surface area (Å²) in [6.07, 6.45) is 1.67. The molecule has 2 rings (SSSR count). The minimum atomic E-state index is -0.251. The van der Waals surface area contributed by atoms with Crippen LogP contribution in [-0.4, -0.2) is 22.2 Å². The van der Waals surface area contributed by atoms with Crippen molar-refractivity contribution in [2.75, 3.05) is 6.54 Å². The number of nitrogens with one attached hydrogen (secondary N) is 1. The Morgan fingerprint density at radius 3 is 2.65 bits per heavy atom. The minimum Gasteiger partial charge on any atom is -0.354 e. The fourth-order valence-electron chi connectivity index (χ4n) is 1.93. The second-order valence-electron chi connectivity index (χ2n) is 4.89. The summed E-state index contributed by atoms with van der Waals surface area (Å²) in [5.41, 5.74) is 1.95. The largest absolute Gasteiger partial charge is 0.354 e. The molecule has 0 aliphatic rings. The van der Waals surface area contributed by atoms with Gasteiger partial charge in [0.15, 0.2) is 0 Å². The van der Waals surface area contributed by atoms with Crippen LogP contribution < -0.4 is 5.32 Å². The molecular weight excluding hydrogens is 257 g/mol. The minimum absolute atomic E-state index is 0.0780. The Labute approximate surface area is 117 Å². The van der Waals surface area contributed by atoms with E-state index in [0.717, 1.165) is 11.3 Å². The number of halogens is 1. The molecule has 106 valence electrons. The van der Waals surface area contributed by atoms with Crippen molar-refractivity contribution in [3.63, 3.8) is 0 Å². The molecule has 0 saturated heterocycles. The molecule has 4 nitrogen and oxygen atoms in total. The maximum atomic E-state index is 12.8. The third-order valence-corrected chi connectivity index (χ3v) is 3.27. The summed E-state index contributed by atoms with van der Waals surface area (Å²) in [6, 6.07) is 8.20. The predicted octanol–water partition coefficient (Wildman–Crippen LogP) is 2.25. The van der Waals surface area contributed by atoms with Crippen LogP contribution in [0.25, 0.3) is 0 Å². The molecule has 0 radical (unpaired) electrons. The smallest absolute Gasteiger partial charge is 0.241 e. The van der Waals surface area contributed by atoms with Crippen molar-refractivity contribution in [3.8, 4) is 0 Å². The van der Waals surface area contributed by atoms with Gasteiger partial charge < -0.3 is 5.32 Å². The number of aromatic nitrogens is 2. The quantitative estimate of drug-likeness (QED) is 0.909. The summed E-state index contributed by atoms with van der Waals surface area (Å²) in [6.45, 7) is 4.63. The van der Waals surface area contributed by atoms with Gasteiger partial charge in [0, 0.05) is 18.4 Å². The van der Waals surface area contributed by atoms with Gasteiger partial charge in [-0.15, -0.1) is 0 Å². The molecule has 0 aliphatic heterocycles. The first-order valence-electron chi connectivity index (χ1n) is 6.57. The lowest BCUT2D eigenvalue weighted by Gasteiger charge is -2.13. The summed E-state index contributed by atoms with van der Waals surface area (Å²) >= 11 is 0. The highest BCUT2D eigenvalue weighted by Gasteiger charge is 2.09. The van der Waals surface area contributed by atoms with Crippen molar-refractivity contribution in [2.24, 2.45) is 0 Å². The van der Waals surface area contributed by atoms with Crippen LogP contribution in [0.3, 0.4) is 0 Å². The zero-order valence-corrected chi connectivity index (χ0v) is 11.6. The Bertz CT molecular complexity index is 577. The normalized spacial score (nSPS) is 12.2. The number of nitrogens with zero attached hydrogens (tertiary/aromatic N) is 2. The molecule has 1 unspecified atom stereocenters. The standard InChI is InChI=1S/C15H18FN3O/c1-11(13-3-5-14(16)6-4-13)9-17-15(20)10-19-12(2)7-8-18-19/h3-8,11H,9-10H2,1-2H3,(H,17,20). The van der Waals surface area contributed by atoms with Gasteiger partial charge in [0.2, 0.25) is 5.91 Å². The Morgan fingerprint density at radius 1 is 1.35 bits per heavy atom. The molecule has 20 heavy (non-hydrogen) atoms. The van der Waals surface area contributed by atoms with Gasteiger partial charge in [0.05, 0.1) is 0 Å². The molecule has 0 aliphatic carbocycles. The topological polar surface area (TPSA) is 46.9 Å². The van der Waals surface area contributed by atoms with Gasteiger partial charge in [-0.05, 0) is 36.6 Å². The number of aryl methyl sites for hydroxylation is 1. The van der Waals surface area contributed by atoms with Crippen molar-refractivity contribution in [1.29, 1.82) is 0 Å². The van der Waals surface area contributed by atoms with E-state index in [-0.39, 0.29) is 24.2 Å². The van der Waals surface area contributed by atoms with Crippen LogP contribution in [0.1, 0.15) is 24.1 Å². The average molecular weight is 275 g/mol. The van der Waals surface area contributed by atoms with E-state index in [9.17, 15) is 9.18 Å². The average Bonchev–Trinajstić information content (AvgIpc) is 2.82. The van der Waals surface area contributed by atoms with E-state index >= 15 is 0 Å². The predicted molar refractivity (Wildman–Crippen MR) is 74.8 cm³/mol. The summed E-state index contributed by atoms with van der Waals surface area (Å²) < 4.78 is 14.5. The molecular formula is C15H18FN3O. The molecule has 0 fully saturated rings. The third kappa shape index (κ3) is 3.66. The molecule has 5 heteroatoms. The number of rotatable bonds is 5. The summed E-state index contributed by atoms with van der Waals surface area (Å²) in [5.74, 6) is -0.192. The Balaban J connectivity index is 1.84. The molecule has 1 aromatic heterocycles. The first kappa shape index (κ1) is 14.2. The van der Waals surface area contributed by atoms with Gasteiger partial charge in [-0.25, -0.2) is 4.39 Å². The summed E-state index contributed by atoms with van der Waals surface area (Å²) in [5, 5.41) is 6.93. The van der Waals surface area contributed by atoms with Crippen LogP contribution >= 0.6 is 0 Å². The van der Waals surface area contributed by atoms with Gasteiger partial charge >= 0.3 is 0 Å². The molecule has 1 N–H and O–H groups in total. The molecule has 0 spiro atoms. The molecule has 0 bridgehead atoms. The fourth-order valence-corrected chi connectivity index (χ4v) is 1.93. The Morgan fingerprint density at radius 2 is 2.05 bits per heavy atom. The highest BCUT2D eigenvalue weighted by Crippen LogP contribution is 2.14. The highest BCUT2D eigenvalue weighted by atomic mass is 19.1. The van der Waals surface area contributed by atoms with Crippen molar-refractivity contribution in [1.82, 2.24) is 15.1 Å². The monoisotopic (exact) mass is 275 g/mol. The SMILES string of the molecule is Cc1ccnn1CC(=O)NCC(C)c1ccc(F)cc1. The first-order chi connectivity index (χ1) is 9.56. The second kappa shape index (κ2) is 6.32. The van der Waals surface area contributed by atoms with Crippen LogP contribution in [0.5, 0.6) is 0 Å². The van der Waals surface area contributed by atoms with Gasteiger partial charge in [0.1, 0.15) is 12.4 Å². The van der Waals surface area contributed by atoms with Gasteiger partial charge in [-0.1, -0.05) is 19.1 Å². The lowest BCUT2D eigenvalue weighted by atomic mass is 10.0. The number of hydrogen-bond donors (Lipinski definition) is 1. The van der Waals surface area contributed by atoms with E-state index in [1.807, 2.05) is 19.9 Å². The summed E-state index contributed by atoms with van der Waals surface area (Å²) in [7, 11) is 0. The molecule has 1 amide bonds. The van der Waals surface area contributed by atoms with Crippen LogP contribution in [-0.2, 0) is 11.3 Å². The second-order valence-corrected chi connectivity index (χ2v) is 4.89. The number of benzene rings is 1. The lowest BCUT2D eigenvalue weighted by Crippen LogP contribution is -2.31. The number of carbonyl (C=O) groups excluding carboxylic acids is 1. The first-order valence-corrected chi connectivity index (χ1v) is 6.57. The fraction of sp³-hybridized carbons (Fsp3) is 0.333. The van der Waals surface area contributed by atoms with E-state index in [1.54, 1.807) is 23.0 Å². The molecule has 1 heterocycles. The molecule has 2 aromatic rings. The van der Waals surface area contributed by atoms with Crippen LogP contribution in [0, 0.1) is 12.7 Å². The maximum Gasteiger partial charge on any atom is 0.241 e. The maximum absolute atomic E-state index is 12.8. The number of carbonyl (C=O) groups is 1. The molecule has 1 atom stereocenters. The van der Waals surface area contributed by atoms with Crippen LogP contribution in [0.2, 0.25) is 0 Å². The third-order valence-electron chi connectivity index (χ3n) is 3.27. The highest BCUT2D eigenvalue weighted by molar-refractivity contribution is 5.75.